The van der Waals surface area contributed by atoms with Gasteiger partial charge in [0.1, 0.15) is 0 Å². The van der Waals surface area contributed by atoms with Crippen LogP contribution < -0.4 is 0 Å². The Balaban J connectivity index is 0.000000315. The molecule has 0 saturated carbocycles. The summed E-state index contributed by atoms with van der Waals surface area (Å²) in [6.45, 7) is 3.97. The van der Waals surface area contributed by atoms with Crippen molar-refractivity contribution < 1.29 is 24.9 Å². The molecule has 3 N–H and O–H groups in total. The lowest BCUT2D eigenvalue weighted by molar-refractivity contribution is -0.159. The molecule has 2 atom stereocenters. The zero-order valence-corrected chi connectivity index (χ0v) is 12.2. The maximum absolute atomic E-state index is 10.0. The fraction of sp³-hybridized carbons (Fsp3) is 0.467. The molecule has 6 heteroatoms. The molecule has 0 spiro atoms. The summed E-state index contributed by atoms with van der Waals surface area (Å²) in [6.07, 6.45) is 0.840. The van der Waals surface area contributed by atoms with Gasteiger partial charge in [0.2, 0.25) is 0 Å². The summed E-state index contributed by atoms with van der Waals surface area (Å²) in [6, 6.07) is 8.51. The number of carboxylic acids is 2. The first-order chi connectivity index (χ1) is 9.81. The first-order valence-electron chi connectivity index (χ1n) is 6.70. The maximum Gasteiger partial charge on any atom is 0.414 e. The zero-order valence-electron chi connectivity index (χ0n) is 12.2. The highest BCUT2D eigenvalue weighted by molar-refractivity contribution is 6.27. The number of β-amino-alcohol motifs (C(OH)–C–C–N with tert-alkyl or cyclic N) is 1. The van der Waals surface area contributed by atoms with E-state index in [9.17, 15) is 5.11 Å². The molecule has 0 aromatic heterocycles. The molecule has 1 heterocycles. The van der Waals surface area contributed by atoms with Crippen LogP contribution in [0.3, 0.4) is 0 Å². The molecule has 1 aliphatic rings. The van der Waals surface area contributed by atoms with Gasteiger partial charge in [-0.25, -0.2) is 9.59 Å². The van der Waals surface area contributed by atoms with Gasteiger partial charge in [0.05, 0.1) is 6.10 Å². The van der Waals surface area contributed by atoms with Crippen LogP contribution in [0, 0.1) is 6.92 Å². The number of aliphatic hydroxyl groups is 1. The predicted molar refractivity (Wildman–Crippen MR) is 77.3 cm³/mol. The Hall–Kier alpha value is -1.92. The summed E-state index contributed by atoms with van der Waals surface area (Å²) < 4.78 is 0. The van der Waals surface area contributed by atoms with Gasteiger partial charge in [0.15, 0.2) is 0 Å². The Morgan fingerprint density at radius 2 is 1.86 bits per heavy atom. The molecule has 2 unspecified atom stereocenters. The molecule has 0 amide bonds. The minimum absolute atomic E-state index is 0.217. The number of hydrogen-bond acceptors (Lipinski definition) is 4. The number of benzene rings is 1. The largest absolute Gasteiger partial charge is 0.473 e. The van der Waals surface area contributed by atoms with E-state index in [4.69, 9.17) is 19.8 Å². The summed E-state index contributed by atoms with van der Waals surface area (Å²) in [7, 11) is 2.07. The first kappa shape index (κ1) is 17.1. The lowest BCUT2D eigenvalue weighted by Gasteiger charge is -2.34. The van der Waals surface area contributed by atoms with Crippen LogP contribution in [0.4, 0.5) is 0 Å². The molecule has 0 aliphatic carbocycles. The van der Waals surface area contributed by atoms with Crippen LogP contribution in [0.25, 0.3) is 0 Å². The maximum atomic E-state index is 10.0. The van der Waals surface area contributed by atoms with Gasteiger partial charge in [-0.1, -0.05) is 29.8 Å². The minimum Gasteiger partial charge on any atom is -0.473 e. The lowest BCUT2D eigenvalue weighted by Crippen LogP contribution is -2.40. The fourth-order valence-electron chi connectivity index (χ4n) is 2.38. The smallest absolute Gasteiger partial charge is 0.414 e. The van der Waals surface area contributed by atoms with E-state index >= 15 is 0 Å². The van der Waals surface area contributed by atoms with E-state index in [1.54, 1.807) is 0 Å². The van der Waals surface area contributed by atoms with E-state index in [1.807, 2.05) is 0 Å². The van der Waals surface area contributed by atoms with Crippen LogP contribution in [-0.2, 0) is 9.59 Å². The predicted octanol–water partition coefficient (Wildman–Crippen LogP) is 0.931. The molecular weight excluding hydrogens is 274 g/mol. The molecule has 21 heavy (non-hydrogen) atoms. The second-order valence-corrected chi connectivity index (χ2v) is 5.25. The lowest BCUT2D eigenvalue weighted by atomic mass is 9.87. The van der Waals surface area contributed by atoms with Crippen molar-refractivity contribution in [2.45, 2.75) is 25.4 Å². The Morgan fingerprint density at radius 1 is 1.24 bits per heavy atom. The topological polar surface area (TPSA) is 98.1 Å². The van der Waals surface area contributed by atoms with Crippen molar-refractivity contribution in [2.24, 2.45) is 0 Å². The van der Waals surface area contributed by atoms with E-state index < -0.39 is 11.9 Å². The number of carboxylic acid groups (broad SMARTS) is 2. The summed E-state index contributed by atoms with van der Waals surface area (Å²) in [5.74, 6) is -3.33. The van der Waals surface area contributed by atoms with Crippen molar-refractivity contribution >= 4 is 11.9 Å². The SMILES string of the molecule is Cc1cccc(C2CCN(C)CC2O)c1.O=C(O)C(=O)O. The monoisotopic (exact) mass is 295 g/mol. The Kier molecular flexibility index (Phi) is 6.33. The van der Waals surface area contributed by atoms with Crippen LogP contribution in [0.1, 0.15) is 23.5 Å². The highest BCUT2D eigenvalue weighted by atomic mass is 16.4. The van der Waals surface area contributed by atoms with Crippen molar-refractivity contribution in [2.75, 3.05) is 20.1 Å². The van der Waals surface area contributed by atoms with Gasteiger partial charge in [-0.2, -0.15) is 0 Å². The molecule has 0 radical (unpaired) electrons. The van der Waals surface area contributed by atoms with Gasteiger partial charge < -0.3 is 20.2 Å². The highest BCUT2D eigenvalue weighted by Crippen LogP contribution is 2.28. The third kappa shape index (κ3) is 5.53. The van der Waals surface area contributed by atoms with Crippen LogP contribution >= 0.6 is 0 Å². The fourth-order valence-corrected chi connectivity index (χ4v) is 2.38. The number of carbonyl (C=O) groups is 2. The number of nitrogens with zero attached hydrogens (tertiary/aromatic N) is 1. The highest BCUT2D eigenvalue weighted by Gasteiger charge is 2.26. The normalized spacial score (nSPS) is 22.0. The Bertz CT molecular complexity index is 491. The third-order valence-electron chi connectivity index (χ3n) is 3.44. The van der Waals surface area contributed by atoms with Crippen LogP contribution in [0.5, 0.6) is 0 Å². The number of rotatable bonds is 1. The molecule has 1 fully saturated rings. The first-order valence-corrected chi connectivity index (χ1v) is 6.70. The molecule has 2 rings (SSSR count). The van der Waals surface area contributed by atoms with E-state index in [-0.39, 0.29) is 6.10 Å². The second kappa shape index (κ2) is 7.75. The average molecular weight is 295 g/mol. The van der Waals surface area contributed by atoms with E-state index in [2.05, 4.69) is 43.1 Å². The van der Waals surface area contributed by atoms with Crippen LogP contribution in [0.2, 0.25) is 0 Å². The minimum atomic E-state index is -1.82. The van der Waals surface area contributed by atoms with Crippen molar-refractivity contribution in [3.05, 3.63) is 35.4 Å². The number of piperidine rings is 1. The number of aliphatic carboxylic acids is 2. The van der Waals surface area contributed by atoms with Gasteiger partial charge in [-0.3, -0.25) is 0 Å². The molecule has 1 aliphatic heterocycles. The van der Waals surface area contributed by atoms with Crippen molar-refractivity contribution in [3.63, 3.8) is 0 Å². The molecule has 1 saturated heterocycles. The molecular formula is C15H21NO5. The standard InChI is InChI=1S/C13H19NO.C2H2O4/c1-10-4-3-5-11(8-10)12-6-7-14(2)9-13(12)15;3-1(4)2(5)6/h3-5,8,12-13,15H,6-7,9H2,1-2H3;(H,3,4)(H,5,6). The molecule has 0 bridgehead atoms. The second-order valence-electron chi connectivity index (χ2n) is 5.25. The van der Waals surface area contributed by atoms with Gasteiger partial charge in [0, 0.05) is 12.5 Å². The summed E-state index contributed by atoms with van der Waals surface area (Å²) >= 11 is 0. The Labute approximate surface area is 123 Å². The molecule has 6 nitrogen and oxygen atoms in total. The van der Waals surface area contributed by atoms with Gasteiger partial charge in [-0.05, 0) is 32.5 Å². The molecule has 116 valence electrons. The number of aryl methyl sites for hydroxylation is 1. The van der Waals surface area contributed by atoms with Crippen molar-refractivity contribution in [3.8, 4) is 0 Å². The van der Waals surface area contributed by atoms with E-state index in [1.165, 1.54) is 11.1 Å². The number of hydrogen-bond donors (Lipinski definition) is 3. The molecule has 1 aromatic rings. The summed E-state index contributed by atoms with van der Waals surface area (Å²) in [5.41, 5.74) is 2.56. The summed E-state index contributed by atoms with van der Waals surface area (Å²) in [5, 5.41) is 24.8. The van der Waals surface area contributed by atoms with Gasteiger partial charge in [-0.15, -0.1) is 0 Å². The third-order valence-corrected chi connectivity index (χ3v) is 3.44. The Morgan fingerprint density at radius 3 is 2.33 bits per heavy atom. The van der Waals surface area contributed by atoms with Crippen molar-refractivity contribution in [1.29, 1.82) is 0 Å². The number of likely N-dealkylation sites (tertiary alicyclic amines) is 1. The quantitative estimate of drug-likeness (QED) is 0.667. The van der Waals surface area contributed by atoms with E-state index in [0.29, 0.717) is 5.92 Å². The zero-order chi connectivity index (χ0) is 16.0. The van der Waals surface area contributed by atoms with Gasteiger partial charge >= 0.3 is 11.9 Å². The molecule has 1 aromatic carbocycles. The van der Waals surface area contributed by atoms with Crippen LogP contribution in [0.15, 0.2) is 24.3 Å². The number of aliphatic hydroxyl groups excluding tert-OH is 1. The van der Waals surface area contributed by atoms with Crippen molar-refractivity contribution in [1.82, 2.24) is 4.90 Å². The number of likely N-dealkylation sites (N-methyl/N-ethyl adjacent to an activating group) is 1. The average Bonchev–Trinajstić information content (AvgIpc) is 2.39. The summed E-state index contributed by atoms with van der Waals surface area (Å²) in [4.78, 5) is 20.4. The van der Waals surface area contributed by atoms with Gasteiger partial charge in [0.25, 0.3) is 0 Å². The van der Waals surface area contributed by atoms with E-state index in [0.717, 1.165) is 19.5 Å². The van der Waals surface area contributed by atoms with Crippen LogP contribution in [-0.4, -0.2) is 58.4 Å².